The minimum absolute atomic E-state index is 0.0113. The van der Waals surface area contributed by atoms with Crippen LogP contribution < -0.4 is 5.56 Å². The van der Waals surface area contributed by atoms with E-state index in [1.54, 1.807) is 25.3 Å². The monoisotopic (exact) mass is 351 g/mol. The van der Waals surface area contributed by atoms with Gasteiger partial charge in [0.05, 0.1) is 0 Å². The Morgan fingerprint density at radius 2 is 1.77 bits per heavy atom. The summed E-state index contributed by atoms with van der Waals surface area (Å²) >= 11 is 0. The molecule has 0 saturated carbocycles. The Kier molecular flexibility index (Phi) is 6.02. The molecule has 1 amide bonds. The summed E-state index contributed by atoms with van der Waals surface area (Å²) in [5, 5.41) is 0. The van der Waals surface area contributed by atoms with Crippen molar-refractivity contribution in [2.24, 2.45) is 0 Å². The number of carbonyl (C=O) groups is 1. The minimum Gasteiger partial charge on any atom is -0.339 e. The molecule has 0 atom stereocenters. The van der Waals surface area contributed by atoms with Crippen molar-refractivity contribution >= 4 is 12.0 Å². The van der Waals surface area contributed by atoms with Crippen molar-refractivity contribution in [2.45, 2.75) is 13.5 Å². The van der Waals surface area contributed by atoms with Crippen LogP contribution in [-0.2, 0) is 11.3 Å². The Bertz CT molecular complexity index is 819. The molecule has 0 radical (unpaired) electrons. The van der Waals surface area contributed by atoms with Crippen molar-refractivity contribution < 1.29 is 4.79 Å². The number of piperazine rings is 1. The van der Waals surface area contributed by atoms with E-state index in [1.165, 1.54) is 10.1 Å². The van der Waals surface area contributed by atoms with E-state index in [0.717, 1.165) is 19.6 Å². The lowest BCUT2D eigenvalue weighted by Crippen LogP contribution is -2.49. The molecule has 26 heavy (non-hydrogen) atoms. The summed E-state index contributed by atoms with van der Waals surface area (Å²) in [5.41, 5.74) is 1.77. The first-order chi connectivity index (χ1) is 12.6. The fourth-order valence-corrected chi connectivity index (χ4v) is 3.11. The number of nitrogens with zero attached hydrogens (tertiary/aromatic N) is 3. The molecular formula is C21H25N3O2. The highest BCUT2D eigenvalue weighted by Crippen LogP contribution is 2.05. The highest BCUT2D eigenvalue weighted by atomic mass is 16.2. The normalized spacial score (nSPS) is 15.5. The molecule has 0 bridgehead atoms. The second-order valence-electron chi connectivity index (χ2n) is 6.62. The quantitative estimate of drug-likeness (QED) is 0.828. The number of rotatable bonds is 5. The standard InChI is InChI=1S/C21H25N3O2/c1-18-7-5-12-24(21(18)26)17-20(25)23-15-13-22(14-16-23)11-6-10-19-8-3-2-4-9-19/h2-10,12H,11,13-17H2,1H3/b10-6+. The zero-order valence-electron chi connectivity index (χ0n) is 15.2. The number of hydrogen-bond acceptors (Lipinski definition) is 3. The van der Waals surface area contributed by atoms with Gasteiger partial charge in [0.25, 0.3) is 5.56 Å². The second-order valence-corrected chi connectivity index (χ2v) is 6.62. The van der Waals surface area contributed by atoms with E-state index in [9.17, 15) is 9.59 Å². The summed E-state index contributed by atoms with van der Waals surface area (Å²) in [6.45, 7) is 5.89. The molecule has 1 aliphatic rings. The third kappa shape index (κ3) is 4.70. The predicted octanol–water partition coefficient (Wildman–Crippen LogP) is 2.01. The topological polar surface area (TPSA) is 45.6 Å². The number of aryl methyl sites for hydroxylation is 1. The maximum atomic E-state index is 12.5. The molecule has 1 fully saturated rings. The van der Waals surface area contributed by atoms with Crippen LogP contribution in [-0.4, -0.2) is 53.0 Å². The largest absolute Gasteiger partial charge is 0.339 e. The molecule has 0 N–H and O–H groups in total. The lowest BCUT2D eigenvalue weighted by Gasteiger charge is -2.34. The van der Waals surface area contributed by atoms with E-state index in [1.807, 2.05) is 23.1 Å². The van der Waals surface area contributed by atoms with Gasteiger partial charge in [-0.3, -0.25) is 14.5 Å². The number of amides is 1. The van der Waals surface area contributed by atoms with Crippen molar-refractivity contribution in [1.82, 2.24) is 14.4 Å². The summed E-state index contributed by atoms with van der Waals surface area (Å²) in [7, 11) is 0. The van der Waals surface area contributed by atoms with Gasteiger partial charge in [0, 0.05) is 44.5 Å². The molecule has 0 aliphatic carbocycles. The van der Waals surface area contributed by atoms with Gasteiger partial charge in [0.1, 0.15) is 6.54 Å². The van der Waals surface area contributed by atoms with Crippen LogP contribution in [0.15, 0.2) is 59.5 Å². The Hall–Kier alpha value is -2.66. The molecular weight excluding hydrogens is 326 g/mol. The molecule has 5 nitrogen and oxygen atoms in total. The Balaban J connectivity index is 1.47. The first kappa shape index (κ1) is 18.1. The van der Waals surface area contributed by atoms with E-state index < -0.39 is 0 Å². The molecule has 1 aliphatic heterocycles. The van der Waals surface area contributed by atoms with E-state index in [2.05, 4.69) is 29.2 Å². The van der Waals surface area contributed by atoms with Gasteiger partial charge in [-0.2, -0.15) is 0 Å². The van der Waals surface area contributed by atoms with Gasteiger partial charge in [-0.25, -0.2) is 0 Å². The van der Waals surface area contributed by atoms with E-state index in [0.29, 0.717) is 18.7 Å². The molecule has 136 valence electrons. The number of hydrogen-bond donors (Lipinski definition) is 0. The predicted molar refractivity (Wildman–Crippen MR) is 104 cm³/mol. The Labute approximate surface area is 154 Å². The van der Waals surface area contributed by atoms with Gasteiger partial charge in [-0.05, 0) is 18.6 Å². The van der Waals surface area contributed by atoms with E-state index in [-0.39, 0.29) is 18.0 Å². The van der Waals surface area contributed by atoms with Crippen LogP contribution in [0.5, 0.6) is 0 Å². The van der Waals surface area contributed by atoms with E-state index >= 15 is 0 Å². The van der Waals surface area contributed by atoms with E-state index in [4.69, 9.17) is 0 Å². The zero-order chi connectivity index (χ0) is 18.4. The van der Waals surface area contributed by atoms with Gasteiger partial charge < -0.3 is 9.47 Å². The summed E-state index contributed by atoms with van der Waals surface area (Å²) in [6.07, 6.45) is 5.97. The van der Waals surface area contributed by atoms with Crippen LogP contribution >= 0.6 is 0 Å². The molecule has 1 aromatic carbocycles. The van der Waals surface area contributed by atoms with Gasteiger partial charge in [0.2, 0.25) is 5.91 Å². The molecule has 3 rings (SSSR count). The third-order valence-corrected chi connectivity index (χ3v) is 4.71. The van der Waals surface area contributed by atoms with Crippen LogP contribution in [0.1, 0.15) is 11.1 Å². The molecule has 2 aromatic rings. The fourth-order valence-electron chi connectivity index (χ4n) is 3.11. The van der Waals surface area contributed by atoms with Crippen molar-refractivity contribution in [1.29, 1.82) is 0 Å². The molecule has 1 aromatic heterocycles. The maximum absolute atomic E-state index is 12.5. The summed E-state index contributed by atoms with van der Waals surface area (Å²) < 4.78 is 1.49. The Morgan fingerprint density at radius 1 is 1.04 bits per heavy atom. The third-order valence-electron chi connectivity index (χ3n) is 4.71. The van der Waals surface area contributed by atoms with Gasteiger partial charge in [-0.15, -0.1) is 0 Å². The molecule has 2 heterocycles. The lowest BCUT2D eigenvalue weighted by atomic mass is 10.2. The smallest absolute Gasteiger partial charge is 0.253 e. The van der Waals surface area contributed by atoms with Crippen molar-refractivity contribution in [3.05, 3.63) is 76.2 Å². The average molecular weight is 351 g/mol. The number of benzene rings is 1. The van der Waals surface area contributed by atoms with Crippen LogP contribution in [0.2, 0.25) is 0 Å². The summed E-state index contributed by atoms with van der Waals surface area (Å²) in [6, 6.07) is 13.8. The van der Waals surface area contributed by atoms with Crippen molar-refractivity contribution in [3.8, 4) is 0 Å². The minimum atomic E-state index is -0.0921. The molecule has 0 unspecified atom stereocenters. The molecule has 1 saturated heterocycles. The van der Waals surface area contributed by atoms with Crippen LogP contribution in [0.25, 0.3) is 6.08 Å². The fraction of sp³-hybridized carbons (Fsp3) is 0.333. The summed E-state index contributed by atoms with van der Waals surface area (Å²) in [5.74, 6) is 0.0113. The van der Waals surface area contributed by atoms with Crippen molar-refractivity contribution in [3.63, 3.8) is 0 Å². The van der Waals surface area contributed by atoms with Crippen LogP contribution in [0, 0.1) is 6.92 Å². The van der Waals surface area contributed by atoms with Crippen LogP contribution in [0.3, 0.4) is 0 Å². The highest BCUT2D eigenvalue weighted by Gasteiger charge is 2.20. The first-order valence-corrected chi connectivity index (χ1v) is 9.01. The van der Waals surface area contributed by atoms with Gasteiger partial charge in [-0.1, -0.05) is 48.6 Å². The number of aromatic nitrogens is 1. The summed E-state index contributed by atoms with van der Waals surface area (Å²) in [4.78, 5) is 28.7. The van der Waals surface area contributed by atoms with Crippen molar-refractivity contribution in [2.75, 3.05) is 32.7 Å². The lowest BCUT2D eigenvalue weighted by molar-refractivity contribution is -0.133. The Morgan fingerprint density at radius 3 is 2.50 bits per heavy atom. The SMILES string of the molecule is Cc1cccn(CC(=O)N2CCN(C/C=C/c3ccccc3)CC2)c1=O. The van der Waals surface area contributed by atoms with Gasteiger partial charge in [0.15, 0.2) is 0 Å². The molecule has 5 heteroatoms. The number of pyridine rings is 1. The number of carbonyl (C=O) groups excluding carboxylic acids is 1. The van der Waals surface area contributed by atoms with Crippen LogP contribution in [0.4, 0.5) is 0 Å². The maximum Gasteiger partial charge on any atom is 0.253 e. The average Bonchev–Trinajstić information content (AvgIpc) is 2.67. The zero-order valence-corrected chi connectivity index (χ0v) is 15.2. The highest BCUT2D eigenvalue weighted by molar-refractivity contribution is 5.76. The van der Waals surface area contributed by atoms with Gasteiger partial charge >= 0.3 is 0 Å². The second kappa shape index (κ2) is 8.63. The first-order valence-electron chi connectivity index (χ1n) is 9.01. The molecule has 0 spiro atoms.